The van der Waals surface area contributed by atoms with Crippen LogP contribution < -0.4 is 20.1 Å². The fraction of sp³-hybridized carbons (Fsp3) is 0.519. The lowest BCUT2D eigenvalue weighted by Crippen LogP contribution is -2.44. The van der Waals surface area contributed by atoms with E-state index in [9.17, 15) is 14.0 Å². The average molecular weight is 532 g/mol. The Kier molecular flexibility index (Phi) is 10.0. The number of carbonyl (C=O) groups is 2. The number of aliphatic hydroxyl groups excluding tert-OH is 1. The maximum atomic E-state index is 13.9. The number of nitrogens with one attached hydrogen (secondary N) is 2. The van der Waals surface area contributed by atoms with Gasteiger partial charge in [-0.15, -0.1) is 0 Å². The molecule has 2 aliphatic rings. The van der Waals surface area contributed by atoms with Crippen molar-refractivity contribution in [2.75, 3.05) is 24.7 Å². The van der Waals surface area contributed by atoms with Crippen molar-refractivity contribution < 1.29 is 28.6 Å². The van der Waals surface area contributed by atoms with Crippen LogP contribution in [0.4, 0.5) is 4.39 Å². The molecule has 0 radical (unpaired) electrons. The number of nitrogens with zero attached hydrogens (tertiary/aromatic N) is 1. The van der Waals surface area contributed by atoms with Crippen LogP contribution in [-0.2, 0) is 0 Å². The lowest BCUT2D eigenvalue weighted by Gasteiger charge is -2.30. The lowest BCUT2D eigenvalue weighted by molar-refractivity contribution is 0.0883. The molecular formula is C27H34FN3O5S. The largest absolute Gasteiger partial charge is 0.493 e. The van der Waals surface area contributed by atoms with Gasteiger partial charge in [0.25, 0.3) is 11.8 Å². The van der Waals surface area contributed by atoms with Crippen molar-refractivity contribution in [3.05, 3.63) is 53.5 Å². The summed E-state index contributed by atoms with van der Waals surface area (Å²) in [7, 11) is 0. The highest BCUT2D eigenvalue weighted by molar-refractivity contribution is 7.99. The van der Waals surface area contributed by atoms with Gasteiger partial charge in [0, 0.05) is 25.1 Å². The molecule has 1 aromatic carbocycles. The predicted octanol–water partition coefficient (Wildman–Crippen LogP) is 3.73. The SMILES string of the molecule is O=C(N[C@H]1CC[C@@H](NC(=O)c2cc(F)cnc2OC2CCSCC2)CC1)c1ccccc1OCCCO. The number of para-hydroxylation sites is 1. The maximum absolute atomic E-state index is 13.9. The minimum Gasteiger partial charge on any atom is -0.493 e. The molecule has 1 saturated carbocycles. The molecule has 1 aromatic heterocycles. The molecule has 4 rings (SSSR count). The van der Waals surface area contributed by atoms with Gasteiger partial charge in [-0.25, -0.2) is 9.37 Å². The molecule has 8 nitrogen and oxygen atoms in total. The predicted molar refractivity (Wildman–Crippen MR) is 140 cm³/mol. The zero-order valence-electron chi connectivity index (χ0n) is 20.8. The zero-order chi connectivity index (χ0) is 26.0. The highest BCUT2D eigenvalue weighted by Gasteiger charge is 2.27. The van der Waals surface area contributed by atoms with E-state index in [4.69, 9.17) is 14.6 Å². The van der Waals surface area contributed by atoms with Gasteiger partial charge in [-0.1, -0.05) is 12.1 Å². The van der Waals surface area contributed by atoms with Crippen molar-refractivity contribution >= 4 is 23.6 Å². The molecule has 10 heteroatoms. The molecule has 2 fully saturated rings. The number of halogens is 1. The summed E-state index contributed by atoms with van der Waals surface area (Å²) in [6, 6.07) is 8.12. The number of hydrogen-bond acceptors (Lipinski definition) is 7. The van der Waals surface area contributed by atoms with E-state index >= 15 is 0 Å². The molecular weight excluding hydrogens is 497 g/mol. The molecule has 1 aliphatic carbocycles. The highest BCUT2D eigenvalue weighted by atomic mass is 32.2. The van der Waals surface area contributed by atoms with Crippen LogP contribution in [0.25, 0.3) is 0 Å². The van der Waals surface area contributed by atoms with Crippen LogP contribution in [0.5, 0.6) is 11.6 Å². The summed E-state index contributed by atoms with van der Waals surface area (Å²) in [6.45, 7) is 0.358. The van der Waals surface area contributed by atoms with E-state index in [1.807, 2.05) is 11.8 Å². The zero-order valence-corrected chi connectivity index (χ0v) is 21.6. The molecule has 3 N–H and O–H groups in total. The average Bonchev–Trinajstić information content (AvgIpc) is 2.92. The Morgan fingerprint density at radius 3 is 2.32 bits per heavy atom. The third kappa shape index (κ3) is 7.82. The number of benzene rings is 1. The van der Waals surface area contributed by atoms with Gasteiger partial charge in [-0.2, -0.15) is 11.8 Å². The van der Waals surface area contributed by atoms with Crippen molar-refractivity contribution in [3.63, 3.8) is 0 Å². The minimum atomic E-state index is -0.580. The number of pyridine rings is 1. The van der Waals surface area contributed by atoms with Crippen LogP contribution >= 0.6 is 11.8 Å². The number of hydrogen-bond donors (Lipinski definition) is 3. The summed E-state index contributed by atoms with van der Waals surface area (Å²) in [5.74, 6) is 1.48. The number of aliphatic hydroxyl groups is 1. The lowest BCUT2D eigenvalue weighted by atomic mass is 9.90. The van der Waals surface area contributed by atoms with Crippen molar-refractivity contribution in [2.45, 2.75) is 63.1 Å². The standard InChI is InChI=1S/C27H34FN3O5S/c28-18-16-23(27(29-17-18)36-21-10-14-37-15-11-21)26(34)31-20-8-6-19(7-9-20)30-25(33)22-4-1-2-5-24(22)35-13-3-12-32/h1-2,4-5,16-17,19-21,32H,3,6-15H2,(H,30,33)(H,31,34)/t19-,20+. The molecule has 2 aromatic rings. The monoisotopic (exact) mass is 531 g/mol. The second-order valence-electron chi connectivity index (χ2n) is 9.35. The van der Waals surface area contributed by atoms with Gasteiger partial charge in [0.15, 0.2) is 0 Å². The summed E-state index contributed by atoms with van der Waals surface area (Å²) in [4.78, 5) is 29.9. The number of amides is 2. The fourth-order valence-electron chi connectivity index (χ4n) is 4.57. The van der Waals surface area contributed by atoms with Crippen LogP contribution in [0, 0.1) is 5.82 Å². The van der Waals surface area contributed by atoms with Crippen LogP contribution in [0.3, 0.4) is 0 Å². The first-order valence-electron chi connectivity index (χ1n) is 12.9. The van der Waals surface area contributed by atoms with E-state index in [1.165, 1.54) is 6.07 Å². The molecule has 37 heavy (non-hydrogen) atoms. The second-order valence-corrected chi connectivity index (χ2v) is 10.6. The van der Waals surface area contributed by atoms with Gasteiger partial charge in [-0.05, 0) is 68.2 Å². The number of rotatable bonds is 10. The van der Waals surface area contributed by atoms with Gasteiger partial charge < -0.3 is 25.2 Å². The third-order valence-corrected chi connectivity index (χ3v) is 7.65. The molecule has 2 amide bonds. The Bertz CT molecular complexity index is 1060. The second kappa shape index (κ2) is 13.6. The van der Waals surface area contributed by atoms with Crippen LogP contribution in [0.1, 0.15) is 65.7 Å². The quantitative estimate of drug-likeness (QED) is 0.401. The highest BCUT2D eigenvalue weighted by Crippen LogP contribution is 2.26. The maximum Gasteiger partial charge on any atom is 0.257 e. The smallest absolute Gasteiger partial charge is 0.257 e. The Labute approximate surface area is 220 Å². The van der Waals surface area contributed by atoms with E-state index in [-0.39, 0.29) is 42.1 Å². The topological polar surface area (TPSA) is 110 Å². The molecule has 1 aliphatic heterocycles. The summed E-state index contributed by atoms with van der Waals surface area (Å²) in [5.41, 5.74) is 0.574. The molecule has 2 heterocycles. The van der Waals surface area contributed by atoms with Crippen molar-refractivity contribution in [2.24, 2.45) is 0 Å². The number of ether oxygens (including phenoxy) is 2. The first kappa shape index (κ1) is 27.2. The van der Waals surface area contributed by atoms with Crippen molar-refractivity contribution in [1.82, 2.24) is 15.6 Å². The molecule has 0 bridgehead atoms. The summed E-state index contributed by atoms with van der Waals surface area (Å²) < 4.78 is 25.5. The molecule has 0 atom stereocenters. The van der Waals surface area contributed by atoms with Gasteiger partial charge in [0.1, 0.15) is 23.2 Å². The molecule has 0 unspecified atom stereocenters. The fourth-order valence-corrected chi connectivity index (χ4v) is 5.63. The molecule has 1 saturated heterocycles. The van der Waals surface area contributed by atoms with Crippen LogP contribution in [-0.4, -0.2) is 64.8 Å². The van der Waals surface area contributed by atoms with E-state index in [0.717, 1.165) is 30.5 Å². The first-order chi connectivity index (χ1) is 18.0. The van der Waals surface area contributed by atoms with Crippen molar-refractivity contribution in [1.29, 1.82) is 0 Å². The van der Waals surface area contributed by atoms with Gasteiger partial charge in [0.05, 0.1) is 18.4 Å². The van der Waals surface area contributed by atoms with Crippen LogP contribution in [0.15, 0.2) is 36.5 Å². The first-order valence-corrected chi connectivity index (χ1v) is 14.0. The van der Waals surface area contributed by atoms with Gasteiger partial charge in [0.2, 0.25) is 5.88 Å². The Morgan fingerprint density at radius 2 is 1.65 bits per heavy atom. The molecule has 0 spiro atoms. The summed E-state index contributed by atoms with van der Waals surface area (Å²) in [6.07, 6.45) is 6.07. The Morgan fingerprint density at radius 1 is 1.00 bits per heavy atom. The Hall–Kier alpha value is -2.85. The summed E-state index contributed by atoms with van der Waals surface area (Å²) >= 11 is 1.87. The number of thioether (sulfide) groups is 1. The Balaban J connectivity index is 1.29. The van der Waals surface area contributed by atoms with E-state index < -0.39 is 11.7 Å². The minimum absolute atomic E-state index is 0.0185. The number of carbonyl (C=O) groups excluding carboxylic acids is 2. The summed E-state index contributed by atoms with van der Waals surface area (Å²) in [5, 5.41) is 15.0. The van der Waals surface area contributed by atoms with Crippen molar-refractivity contribution in [3.8, 4) is 11.6 Å². The third-order valence-electron chi connectivity index (χ3n) is 6.60. The number of aromatic nitrogens is 1. The van der Waals surface area contributed by atoms with Crippen LogP contribution in [0.2, 0.25) is 0 Å². The van der Waals surface area contributed by atoms with Gasteiger partial charge >= 0.3 is 0 Å². The van der Waals surface area contributed by atoms with E-state index in [2.05, 4.69) is 15.6 Å². The molecule has 200 valence electrons. The van der Waals surface area contributed by atoms with E-state index in [0.29, 0.717) is 50.0 Å². The van der Waals surface area contributed by atoms with Gasteiger partial charge in [-0.3, -0.25) is 9.59 Å². The van der Waals surface area contributed by atoms with E-state index in [1.54, 1.807) is 24.3 Å². The normalized spacial score (nSPS) is 20.2.